The van der Waals surface area contributed by atoms with Crippen molar-refractivity contribution in [3.8, 4) is 0 Å². The summed E-state index contributed by atoms with van der Waals surface area (Å²) in [5.41, 5.74) is 0.903. The Kier molecular flexibility index (Phi) is 5.40. The quantitative estimate of drug-likeness (QED) is 0.893. The van der Waals surface area contributed by atoms with Gasteiger partial charge in [-0.1, -0.05) is 23.7 Å². The Hall–Kier alpha value is -1.10. The highest BCUT2D eigenvalue weighted by Gasteiger charge is 2.32. The zero-order chi connectivity index (χ0) is 14.5. The van der Waals surface area contributed by atoms with Gasteiger partial charge in [-0.25, -0.2) is 0 Å². The lowest BCUT2D eigenvalue weighted by atomic mass is 9.89. The van der Waals surface area contributed by atoms with Gasteiger partial charge >= 0.3 is 0 Å². The molecule has 1 aliphatic carbocycles. The van der Waals surface area contributed by atoms with Crippen LogP contribution >= 0.6 is 11.6 Å². The maximum atomic E-state index is 12.0. The standard InChI is InChI=1S/C15H20ClNO3/c1-20-13-4-2-3-12(15(13)19)17-14(18)9-10-5-7-11(16)8-6-10/h5-8,12-13,15,19H,2-4,9H2,1H3,(H,17,18)/t12-,13-,15-/m1/s1. The number of methoxy groups -OCH3 is 1. The summed E-state index contributed by atoms with van der Waals surface area (Å²) in [6.07, 6.45) is 2.03. The van der Waals surface area contributed by atoms with Gasteiger partial charge in [0.1, 0.15) is 6.10 Å². The first-order chi connectivity index (χ1) is 9.60. The summed E-state index contributed by atoms with van der Waals surface area (Å²) in [4.78, 5) is 12.0. The molecular weight excluding hydrogens is 278 g/mol. The number of benzene rings is 1. The van der Waals surface area contributed by atoms with Gasteiger partial charge in [-0.05, 0) is 37.0 Å². The minimum absolute atomic E-state index is 0.0897. The molecule has 1 saturated carbocycles. The number of rotatable bonds is 4. The van der Waals surface area contributed by atoms with Crippen molar-refractivity contribution in [3.63, 3.8) is 0 Å². The maximum Gasteiger partial charge on any atom is 0.224 e. The lowest BCUT2D eigenvalue weighted by Gasteiger charge is -2.34. The van der Waals surface area contributed by atoms with E-state index in [4.69, 9.17) is 16.3 Å². The highest BCUT2D eigenvalue weighted by molar-refractivity contribution is 6.30. The van der Waals surface area contributed by atoms with Crippen LogP contribution in [0.15, 0.2) is 24.3 Å². The molecule has 0 bridgehead atoms. The predicted octanol–water partition coefficient (Wildman–Crippen LogP) is 1.93. The molecule has 1 aromatic rings. The van der Waals surface area contributed by atoms with Gasteiger partial charge in [-0.2, -0.15) is 0 Å². The summed E-state index contributed by atoms with van der Waals surface area (Å²) in [6.45, 7) is 0. The van der Waals surface area contributed by atoms with Gasteiger partial charge in [0.05, 0.1) is 18.6 Å². The van der Waals surface area contributed by atoms with Crippen LogP contribution in [0.4, 0.5) is 0 Å². The summed E-state index contributed by atoms with van der Waals surface area (Å²) in [5, 5.41) is 13.7. The van der Waals surface area contributed by atoms with Crippen molar-refractivity contribution in [1.29, 1.82) is 0 Å². The smallest absolute Gasteiger partial charge is 0.224 e. The van der Waals surface area contributed by atoms with Gasteiger partial charge in [0.15, 0.2) is 0 Å². The fourth-order valence-electron chi connectivity index (χ4n) is 2.60. The first-order valence-corrected chi connectivity index (χ1v) is 7.22. The SMILES string of the molecule is CO[C@@H]1CCC[C@@H](NC(=O)Cc2ccc(Cl)cc2)[C@H]1O. The molecule has 1 amide bonds. The molecule has 110 valence electrons. The van der Waals surface area contributed by atoms with E-state index in [1.165, 1.54) is 0 Å². The molecule has 0 unspecified atom stereocenters. The van der Waals surface area contributed by atoms with Crippen LogP contribution in [0.2, 0.25) is 5.02 Å². The van der Waals surface area contributed by atoms with E-state index in [1.807, 2.05) is 12.1 Å². The van der Waals surface area contributed by atoms with Gasteiger partial charge in [0, 0.05) is 12.1 Å². The largest absolute Gasteiger partial charge is 0.388 e. The number of hydrogen-bond acceptors (Lipinski definition) is 3. The summed E-state index contributed by atoms with van der Waals surface area (Å²) in [7, 11) is 1.59. The molecule has 1 aliphatic rings. The van der Waals surface area contributed by atoms with Gasteiger partial charge in [0.25, 0.3) is 0 Å². The molecule has 0 spiro atoms. The second-order valence-electron chi connectivity index (χ2n) is 5.17. The molecule has 3 atom stereocenters. The van der Waals surface area contributed by atoms with Gasteiger partial charge in [0.2, 0.25) is 5.91 Å². The number of carbonyl (C=O) groups excluding carboxylic acids is 1. The molecule has 0 radical (unpaired) electrons. The molecule has 1 fully saturated rings. The van der Waals surface area contributed by atoms with Crippen molar-refractivity contribution < 1.29 is 14.6 Å². The van der Waals surface area contributed by atoms with E-state index in [0.29, 0.717) is 5.02 Å². The fourth-order valence-corrected chi connectivity index (χ4v) is 2.73. The first-order valence-electron chi connectivity index (χ1n) is 6.85. The maximum absolute atomic E-state index is 12.0. The van der Waals surface area contributed by atoms with E-state index < -0.39 is 6.10 Å². The number of aliphatic hydroxyl groups excluding tert-OH is 1. The summed E-state index contributed by atoms with van der Waals surface area (Å²) >= 11 is 5.81. The van der Waals surface area contributed by atoms with Crippen LogP contribution in [0.5, 0.6) is 0 Å². The molecular formula is C15H20ClNO3. The van der Waals surface area contributed by atoms with Gasteiger partial charge < -0.3 is 15.2 Å². The van der Waals surface area contributed by atoms with Crippen LogP contribution in [0.25, 0.3) is 0 Å². The van der Waals surface area contributed by atoms with Crippen LogP contribution in [0, 0.1) is 0 Å². The highest BCUT2D eigenvalue weighted by atomic mass is 35.5. The number of aliphatic hydroxyl groups is 1. The van der Waals surface area contributed by atoms with Crippen LogP contribution in [0.1, 0.15) is 24.8 Å². The second-order valence-corrected chi connectivity index (χ2v) is 5.61. The molecule has 2 rings (SSSR count). The van der Waals surface area contributed by atoms with E-state index in [1.54, 1.807) is 19.2 Å². The van der Waals surface area contributed by atoms with Crippen LogP contribution < -0.4 is 5.32 Å². The lowest BCUT2D eigenvalue weighted by molar-refractivity contribution is -0.124. The zero-order valence-corrected chi connectivity index (χ0v) is 12.3. The molecule has 0 aromatic heterocycles. The first kappa shape index (κ1) is 15.3. The van der Waals surface area contributed by atoms with Crippen molar-refractivity contribution in [3.05, 3.63) is 34.9 Å². The average Bonchev–Trinajstić information content (AvgIpc) is 2.44. The van der Waals surface area contributed by atoms with Gasteiger partial charge in [-0.3, -0.25) is 4.79 Å². The Bertz CT molecular complexity index is 449. The Morgan fingerprint density at radius 1 is 1.40 bits per heavy atom. The Labute approximate surface area is 124 Å². The summed E-state index contributed by atoms with van der Waals surface area (Å²) < 4.78 is 5.23. The number of nitrogens with one attached hydrogen (secondary N) is 1. The normalized spacial score (nSPS) is 26.2. The number of hydrogen-bond donors (Lipinski definition) is 2. The summed E-state index contributed by atoms with van der Waals surface area (Å²) in [5.74, 6) is -0.0897. The van der Waals surface area contributed by atoms with Crippen molar-refractivity contribution in [2.24, 2.45) is 0 Å². The molecule has 0 saturated heterocycles. The molecule has 20 heavy (non-hydrogen) atoms. The number of halogens is 1. The van der Waals surface area contributed by atoms with E-state index in [0.717, 1.165) is 24.8 Å². The van der Waals surface area contributed by atoms with Gasteiger partial charge in [-0.15, -0.1) is 0 Å². The topological polar surface area (TPSA) is 58.6 Å². The fraction of sp³-hybridized carbons (Fsp3) is 0.533. The van der Waals surface area contributed by atoms with Crippen molar-refractivity contribution >= 4 is 17.5 Å². The number of carbonyl (C=O) groups is 1. The molecule has 0 heterocycles. The Morgan fingerprint density at radius 3 is 2.75 bits per heavy atom. The predicted molar refractivity (Wildman–Crippen MR) is 77.7 cm³/mol. The van der Waals surface area contributed by atoms with E-state index in [-0.39, 0.29) is 24.5 Å². The summed E-state index contributed by atoms with van der Waals surface area (Å²) in [6, 6.07) is 6.96. The van der Waals surface area contributed by atoms with Crippen LogP contribution in [-0.4, -0.2) is 36.4 Å². The molecule has 5 heteroatoms. The van der Waals surface area contributed by atoms with Crippen LogP contribution in [-0.2, 0) is 16.0 Å². The third-order valence-corrected chi connectivity index (χ3v) is 3.98. The third-order valence-electron chi connectivity index (χ3n) is 3.72. The van der Waals surface area contributed by atoms with Crippen molar-refractivity contribution in [2.75, 3.05) is 7.11 Å². The highest BCUT2D eigenvalue weighted by Crippen LogP contribution is 2.21. The van der Waals surface area contributed by atoms with E-state index in [9.17, 15) is 9.90 Å². The molecule has 1 aromatic carbocycles. The number of amides is 1. The van der Waals surface area contributed by atoms with Crippen LogP contribution in [0.3, 0.4) is 0 Å². The number of ether oxygens (including phenoxy) is 1. The zero-order valence-electron chi connectivity index (χ0n) is 11.5. The van der Waals surface area contributed by atoms with Crippen molar-refractivity contribution in [2.45, 2.75) is 43.9 Å². The van der Waals surface area contributed by atoms with E-state index in [2.05, 4.69) is 5.32 Å². The minimum Gasteiger partial charge on any atom is -0.388 e. The van der Waals surface area contributed by atoms with Crippen molar-refractivity contribution in [1.82, 2.24) is 5.32 Å². The molecule has 4 nitrogen and oxygen atoms in total. The second kappa shape index (κ2) is 7.07. The third kappa shape index (κ3) is 3.95. The van der Waals surface area contributed by atoms with E-state index >= 15 is 0 Å². The minimum atomic E-state index is -0.636. The Morgan fingerprint density at radius 2 is 2.10 bits per heavy atom. The monoisotopic (exact) mass is 297 g/mol. The Balaban J connectivity index is 1.89. The lowest BCUT2D eigenvalue weighted by Crippen LogP contribution is -2.51. The molecule has 0 aliphatic heterocycles. The molecule has 2 N–H and O–H groups in total. The average molecular weight is 298 g/mol.